The van der Waals surface area contributed by atoms with Crippen LogP contribution in [0.1, 0.15) is 106 Å². The maximum Gasteiger partial charge on any atom is 0.0538 e. The van der Waals surface area contributed by atoms with Crippen molar-refractivity contribution in [3.05, 3.63) is 190 Å². The van der Waals surface area contributed by atoms with E-state index in [-0.39, 0.29) is 5.41 Å². The molecule has 0 N–H and O–H groups in total. The predicted octanol–water partition coefficient (Wildman–Crippen LogP) is 16.0. The predicted molar refractivity (Wildman–Crippen MR) is 251 cm³/mol. The van der Waals surface area contributed by atoms with Crippen LogP contribution >= 0.6 is 0 Å². The lowest BCUT2D eigenvalue weighted by Gasteiger charge is -2.26. The zero-order valence-corrected chi connectivity index (χ0v) is 35.3. The lowest BCUT2D eigenvalue weighted by atomic mass is 9.78. The van der Waals surface area contributed by atoms with E-state index in [9.17, 15) is 0 Å². The third kappa shape index (κ3) is 6.15. The maximum absolute atomic E-state index is 2.53. The third-order valence-electron chi connectivity index (χ3n) is 13.4. The third-order valence-corrected chi connectivity index (χ3v) is 13.4. The summed E-state index contributed by atoms with van der Waals surface area (Å²) in [6, 6.07) is 50.0. The van der Waals surface area contributed by atoms with Crippen molar-refractivity contribution in [1.29, 1.82) is 0 Å². The number of rotatable bonds is 9. The topological polar surface area (TPSA) is 4.93 Å². The molecule has 1 heteroatoms. The van der Waals surface area contributed by atoms with Crippen molar-refractivity contribution in [3.8, 4) is 39.1 Å². The van der Waals surface area contributed by atoms with E-state index in [1.54, 1.807) is 0 Å². The first kappa shape index (κ1) is 37.6. The summed E-state index contributed by atoms with van der Waals surface area (Å²) in [4.78, 5) is 0. The molecule has 1 aromatic heterocycles. The average molecular weight is 754 g/mol. The molecule has 0 bridgehead atoms. The van der Waals surface area contributed by atoms with Gasteiger partial charge in [0.1, 0.15) is 0 Å². The highest BCUT2D eigenvalue weighted by Crippen LogP contribution is 2.52. The highest BCUT2D eigenvalue weighted by Gasteiger charge is 2.37. The van der Waals surface area contributed by atoms with Crippen LogP contribution in [0.2, 0.25) is 0 Å². The Morgan fingerprint density at radius 2 is 1.38 bits per heavy atom. The van der Waals surface area contributed by atoms with Gasteiger partial charge in [-0.05, 0) is 148 Å². The van der Waals surface area contributed by atoms with E-state index < -0.39 is 0 Å². The Morgan fingerprint density at radius 1 is 0.690 bits per heavy atom. The van der Waals surface area contributed by atoms with Crippen LogP contribution in [-0.2, 0) is 11.8 Å². The summed E-state index contributed by atoms with van der Waals surface area (Å²) in [5.41, 5.74) is 24.5. The number of hydrogen-bond acceptors (Lipinski definition) is 0. The molecule has 9 rings (SSSR count). The van der Waals surface area contributed by atoms with Gasteiger partial charge in [0.05, 0.1) is 5.52 Å². The van der Waals surface area contributed by atoms with Crippen LogP contribution < -0.4 is 0 Å². The van der Waals surface area contributed by atoms with Crippen LogP contribution in [0, 0.1) is 6.92 Å². The van der Waals surface area contributed by atoms with E-state index >= 15 is 0 Å². The van der Waals surface area contributed by atoms with Crippen LogP contribution in [0.5, 0.6) is 0 Å². The number of allylic oxidation sites excluding steroid dienone is 5. The number of benzene rings is 6. The summed E-state index contributed by atoms with van der Waals surface area (Å²) in [5, 5.41) is 1.31. The van der Waals surface area contributed by atoms with E-state index in [4.69, 9.17) is 0 Å². The number of hydrogen-bond donors (Lipinski definition) is 0. The summed E-state index contributed by atoms with van der Waals surface area (Å²) in [5.74, 6) is 0.400. The van der Waals surface area contributed by atoms with Crippen molar-refractivity contribution in [2.24, 2.45) is 0 Å². The second kappa shape index (κ2) is 15.1. The SMILES string of the molecule is C/C=C\C1=C(CC)C(C)(C)c2ccc(-c3cccc(-c4ccc(-n5c6c(c7cc(-c8ccccc8)ccc75)C=C(c5ccccc5)CC6)cc4)c3C(C)CC)c(C)c21. The van der Waals surface area contributed by atoms with Gasteiger partial charge in [-0.3, -0.25) is 0 Å². The van der Waals surface area contributed by atoms with Crippen molar-refractivity contribution in [1.82, 2.24) is 4.57 Å². The van der Waals surface area contributed by atoms with Crippen LogP contribution in [0.4, 0.5) is 0 Å². The Labute approximate surface area is 346 Å². The Bertz CT molecular complexity index is 2770. The van der Waals surface area contributed by atoms with Gasteiger partial charge in [-0.2, -0.15) is 0 Å². The fourth-order valence-electron chi connectivity index (χ4n) is 10.3. The molecule has 288 valence electrons. The molecule has 1 heterocycles. The van der Waals surface area contributed by atoms with E-state index in [0.717, 1.165) is 25.7 Å². The van der Waals surface area contributed by atoms with Crippen molar-refractivity contribution in [2.75, 3.05) is 0 Å². The zero-order chi connectivity index (χ0) is 40.1. The molecule has 7 aromatic rings. The summed E-state index contributed by atoms with van der Waals surface area (Å²) >= 11 is 0. The van der Waals surface area contributed by atoms with Crippen molar-refractivity contribution in [3.63, 3.8) is 0 Å². The summed E-state index contributed by atoms with van der Waals surface area (Å²) in [7, 11) is 0. The fourth-order valence-corrected chi connectivity index (χ4v) is 10.3. The molecule has 6 aromatic carbocycles. The van der Waals surface area contributed by atoms with Gasteiger partial charge in [0.2, 0.25) is 0 Å². The van der Waals surface area contributed by atoms with E-state index in [1.807, 2.05) is 0 Å². The molecule has 0 radical (unpaired) electrons. The molecule has 1 unspecified atom stereocenters. The van der Waals surface area contributed by atoms with Crippen molar-refractivity contribution < 1.29 is 0 Å². The van der Waals surface area contributed by atoms with Gasteiger partial charge in [0, 0.05) is 27.7 Å². The van der Waals surface area contributed by atoms with Gasteiger partial charge < -0.3 is 4.57 Å². The fraction of sp³-hybridized carbons (Fsp3) is 0.228. The van der Waals surface area contributed by atoms with Gasteiger partial charge in [0.25, 0.3) is 0 Å². The molecular weight excluding hydrogens is 699 g/mol. The minimum atomic E-state index is 0.0281. The van der Waals surface area contributed by atoms with Crippen LogP contribution in [0.15, 0.2) is 151 Å². The molecule has 0 saturated carbocycles. The zero-order valence-electron chi connectivity index (χ0n) is 35.3. The Balaban J connectivity index is 1.17. The van der Waals surface area contributed by atoms with Gasteiger partial charge in [-0.15, -0.1) is 0 Å². The van der Waals surface area contributed by atoms with Gasteiger partial charge in [0.15, 0.2) is 0 Å². The molecule has 1 atom stereocenters. The molecule has 2 aliphatic carbocycles. The minimum absolute atomic E-state index is 0.0281. The largest absolute Gasteiger partial charge is 0.313 e. The monoisotopic (exact) mass is 753 g/mol. The first-order valence-electron chi connectivity index (χ1n) is 21.5. The summed E-state index contributed by atoms with van der Waals surface area (Å²) in [6.07, 6.45) is 11.2. The molecule has 2 aliphatic rings. The van der Waals surface area contributed by atoms with Crippen LogP contribution in [-0.4, -0.2) is 4.57 Å². The molecule has 0 aliphatic heterocycles. The average Bonchev–Trinajstić information content (AvgIpc) is 3.70. The quantitative estimate of drug-likeness (QED) is 0.138. The summed E-state index contributed by atoms with van der Waals surface area (Å²) < 4.78 is 2.53. The van der Waals surface area contributed by atoms with Gasteiger partial charge >= 0.3 is 0 Å². The molecule has 1 nitrogen and oxygen atoms in total. The highest BCUT2D eigenvalue weighted by molar-refractivity contribution is 6.01. The molecule has 0 fully saturated rings. The summed E-state index contributed by atoms with van der Waals surface area (Å²) in [6.45, 7) is 16.4. The molecule has 0 amide bonds. The molecule has 58 heavy (non-hydrogen) atoms. The lowest BCUT2D eigenvalue weighted by Crippen LogP contribution is -2.17. The Morgan fingerprint density at radius 3 is 2.07 bits per heavy atom. The smallest absolute Gasteiger partial charge is 0.0538 e. The first-order chi connectivity index (χ1) is 28.2. The number of aromatic nitrogens is 1. The Kier molecular flexibility index (Phi) is 9.81. The van der Waals surface area contributed by atoms with Crippen molar-refractivity contribution >= 4 is 28.1 Å². The first-order valence-corrected chi connectivity index (χ1v) is 21.5. The standard InChI is InChI=1S/C57H55N/c1-8-18-48-51(10-3)57(6,7)52-32-31-45(38(5)56(48)52)47-24-17-23-46(55(47)37(4)9-2)41-25-29-44(30-26-41)58-53-33-27-42(39-19-13-11-14-20-39)35-49(53)50-36-43(28-34-54(50)58)40-21-15-12-16-22-40/h8,11-27,29-33,35-37H,9-10,28,34H2,1-7H3/b18-8-. The van der Waals surface area contributed by atoms with Crippen LogP contribution in [0.25, 0.3) is 67.2 Å². The van der Waals surface area contributed by atoms with E-state index in [0.29, 0.717) is 5.92 Å². The van der Waals surface area contributed by atoms with Crippen LogP contribution in [0.3, 0.4) is 0 Å². The lowest BCUT2D eigenvalue weighted by molar-refractivity contribution is 0.617. The molecule has 0 spiro atoms. The second-order valence-electron chi connectivity index (χ2n) is 17.0. The normalized spacial score (nSPS) is 15.2. The van der Waals surface area contributed by atoms with Gasteiger partial charge in [-0.1, -0.05) is 162 Å². The second-order valence-corrected chi connectivity index (χ2v) is 17.0. The maximum atomic E-state index is 2.53. The minimum Gasteiger partial charge on any atom is -0.313 e. The Hall–Kier alpha value is -5.92. The number of nitrogens with zero attached hydrogens (tertiary/aromatic N) is 1. The number of fused-ring (bicyclic) bond motifs is 4. The molecular formula is C57H55N. The van der Waals surface area contributed by atoms with E-state index in [2.05, 4.69) is 205 Å². The van der Waals surface area contributed by atoms with Crippen molar-refractivity contribution in [2.45, 2.75) is 85.5 Å². The van der Waals surface area contributed by atoms with Gasteiger partial charge in [-0.25, -0.2) is 0 Å². The van der Waals surface area contributed by atoms with E-state index in [1.165, 1.54) is 106 Å². The molecule has 0 saturated heterocycles. The highest BCUT2D eigenvalue weighted by atomic mass is 15.0.